The first kappa shape index (κ1) is 73.3. The number of benzene rings is 13. The second-order valence-corrected chi connectivity index (χ2v) is 41.7. The molecule has 4 heterocycles. The minimum atomic E-state index is -0.769. The van der Waals surface area contributed by atoms with Crippen LogP contribution < -0.4 is 26.2 Å². The van der Waals surface area contributed by atoms with E-state index in [9.17, 15) is 10.7 Å². The van der Waals surface area contributed by atoms with Crippen LogP contribution in [0.5, 0.6) is 0 Å². The van der Waals surface area contributed by atoms with Gasteiger partial charge in [0.2, 0.25) is 0 Å². The molecule has 13 aromatic carbocycles. The number of para-hydroxylation sites is 2. The molecule has 0 amide bonds. The normalized spacial score (nSPS) is 14.1. The summed E-state index contributed by atoms with van der Waals surface area (Å²) in [6, 6.07) is 89.0. The summed E-state index contributed by atoms with van der Waals surface area (Å²) < 4.78 is 46.1. The van der Waals surface area contributed by atoms with Crippen LogP contribution in [0, 0.1) is 11.3 Å². The average molecular weight is 1530 g/mol. The van der Waals surface area contributed by atoms with Gasteiger partial charge in [-0.3, -0.25) is 0 Å². The Labute approximate surface area is 702 Å². The Hall–Kier alpha value is -11.4. The Morgan fingerprint density at radius 3 is 1.21 bits per heavy atom. The van der Waals surface area contributed by atoms with Gasteiger partial charge in [-0.1, -0.05) is 324 Å². The van der Waals surface area contributed by atoms with Gasteiger partial charge in [-0.2, -0.15) is 5.26 Å². The summed E-state index contributed by atoms with van der Waals surface area (Å²) in [5.74, 6) is 0. The van der Waals surface area contributed by atoms with Gasteiger partial charge in [0, 0.05) is 66.8 Å². The minimum Gasteiger partial charge on any atom is -0.311 e. The first-order valence-corrected chi connectivity index (χ1v) is 42.1. The second kappa shape index (κ2) is 27.4. The van der Waals surface area contributed by atoms with Crippen molar-refractivity contribution in [3.8, 4) is 62.0 Å². The van der Waals surface area contributed by atoms with E-state index in [1.807, 2.05) is 26.8 Å². The fourth-order valence-electron chi connectivity index (χ4n) is 17.8. The molecule has 0 bridgehead atoms. The summed E-state index contributed by atoms with van der Waals surface area (Å²) >= 11 is 0. The summed E-state index contributed by atoms with van der Waals surface area (Å²) in [5, 5.41) is 16.2. The SMILES string of the molecule is [2H]c1c([2H])c(-c2cc(C(C)(C)C)cc(-c3ccccc3)c2N2c3cc(-n4c5ccc(C(C)(C)C)cc5c5cc(C(C)(C)C)ccc54)ccc3B3c4ccc(-c5cc(C(C)(C)C)cc(C(C)(C)C)c5)cc4N(c4ccc(C#N)c(-n5c6ccccc6c6ccccc65)c4)c4cc(-c5cc(C(C)(C)C)cc(C(C)(C)C)c5)cc2c43)c([2H])c(C(C)(C)C)c1[2H]. The number of hydrogen-bond acceptors (Lipinski definition) is 3. The summed E-state index contributed by atoms with van der Waals surface area (Å²) in [6.07, 6.45) is 0. The van der Waals surface area contributed by atoms with Crippen molar-refractivity contribution in [2.24, 2.45) is 0 Å². The fourth-order valence-corrected chi connectivity index (χ4v) is 17.8. The Morgan fingerprint density at radius 1 is 0.291 bits per heavy atom. The Bertz CT molecular complexity index is 6670. The van der Waals surface area contributed by atoms with Crippen molar-refractivity contribution in [2.75, 3.05) is 9.80 Å². The molecule has 0 spiro atoms. The lowest BCUT2D eigenvalue weighted by Crippen LogP contribution is -2.61. The summed E-state index contributed by atoms with van der Waals surface area (Å²) in [6.45, 7) is 53.9. The van der Waals surface area contributed by atoms with Crippen molar-refractivity contribution in [2.45, 2.75) is 209 Å². The lowest BCUT2D eigenvalue weighted by molar-refractivity contribution is 0.568. The van der Waals surface area contributed by atoms with Crippen LogP contribution in [0.4, 0.5) is 34.1 Å². The first-order valence-electron chi connectivity index (χ1n) is 44.1. The third-order valence-corrected chi connectivity index (χ3v) is 24.9. The maximum absolute atomic E-state index is 11.7. The van der Waals surface area contributed by atoms with E-state index in [0.29, 0.717) is 22.3 Å². The van der Waals surface area contributed by atoms with Gasteiger partial charge in [0.1, 0.15) is 6.07 Å². The van der Waals surface area contributed by atoms with E-state index in [1.54, 1.807) is 0 Å². The smallest absolute Gasteiger partial charge is 0.252 e. The predicted molar refractivity (Wildman–Crippen MR) is 505 cm³/mol. The number of hydrogen-bond donors (Lipinski definition) is 0. The molecule has 0 saturated heterocycles. The molecule has 15 aromatic rings. The van der Waals surface area contributed by atoms with E-state index >= 15 is 0 Å². The molecule has 0 radical (unpaired) electrons. The fraction of sp³-hybridized carbons (Fsp3) is 0.288. The zero-order chi connectivity index (χ0) is 86.6. The van der Waals surface area contributed by atoms with Crippen LogP contribution in [0.3, 0.4) is 0 Å². The van der Waals surface area contributed by atoms with Gasteiger partial charge in [0.25, 0.3) is 6.71 Å². The van der Waals surface area contributed by atoms with Gasteiger partial charge in [0.05, 0.1) is 44.5 Å². The highest BCUT2D eigenvalue weighted by molar-refractivity contribution is 7.00. The Kier molecular flexibility index (Phi) is 17.1. The predicted octanol–water partition coefficient (Wildman–Crippen LogP) is 28.9. The molecule has 0 saturated carbocycles. The quantitative estimate of drug-likeness (QED) is 0.142. The van der Waals surface area contributed by atoms with Crippen LogP contribution in [0.1, 0.15) is 222 Å². The molecule has 6 heteroatoms. The number of nitrogens with zero attached hydrogens (tertiary/aromatic N) is 5. The summed E-state index contributed by atoms with van der Waals surface area (Å²) in [5.41, 5.74) is 28.3. The molecule has 2 aliphatic rings. The number of nitriles is 1. The molecular formula is C111H114BN5. The Morgan fingerprint density at radius 2 is 0.701 bits per heavy atom. The number of fused-ring (bicyclic) bond motifs is 10. The first-order chi connectivity index (χ1) is 56.7. The number of anilines is 6. The molecule has 586 valence electrons. The molecule has 0 aliphatic carbocycles. The lowest BCUT2D eigenvalue weighted by atomic mass is 9.33. The lowest BCUT2D eigenvalue weighted by Gasteiger charge is -2.45. The topological polar surface area (TPSA) is 40.1 Å². The molecule has 0 N–H and O–H groups in total. The van der Waals surface area contributed by atoms with Gasteiger partial charge in [-0.15, -0.1) is 0 Å². The second-order valence-electron chi connectivity index (χ2n) is 41.7. The highest BCUT2D eigenvalue weighted by Gasteiger charge is 2.46. The standard InChI is InChI=1S/C111H114BN5/c1-104(2,3)75-36-32-35-70(51-75)88-64-82(111(22,23)24)63-87(68-33-26-25-27-34-68)103(88)117-99-66-84(114-95-49-43-76(105(4,5)6)61-89(95)90-62-77(106(7,8)9)44-50-96(90)114)46-48-92(99)112-91-47-42-69(72-52-78(107(10,11)12)59-79(53-72)108(13,14)15)56-98(91)115(100-57-74(58-101(117)102(100)112)73-54-80(109(16,17)18)60-81(55-73)110(19,20)21)83-45-41-71(67-113)97(65-83)116-93-39-30-28-37-85(93)86-38-29-31-40-94(86)116/h25-66H,1-24H3/i32D,35D,36D,51D. The largest absolute Gasteiger partial charge is 0.311 e. The molecule has 17 rings (SSSR count). The highest BCUT2D eigenvalue weighted by Crippen LogP contribution is 2.55. The van der Waals surface area contributed by atoms with E-state index < -0.39 is 17.5 Å². The monoisotopic (exact) mass is 1530 g/mol. The van der Waals surface area contributed by atoms with Gasteiger partial charge < -0.3 is 18.9 Å². The molecule has 5 nitrogen and oxygen atoms in total. The van der Waals surface area contributed by atoms with Crippen molar-refractivity contribution < 1.29 is 5.48 Å². The van der Waals surface area contributed by atoms with Crippen molar-refractivity contribution in [3.05, 3.63) is 305 Å². The minimum absolute atomic E-state index is 0.0612. The summed E-state index contributed by atoms with van der Waals surface area (Å²) in [7, 11) is 0. The van der Waals surface area contributed by atoms with Crippen molar-refractivity contribution >= 4 is 101 Å². The van der Waals surface area contributed by atoms with E-state index in [0.717, 1.165) is 134 Å². The van der Waals surface area contributed by atoms with Crippen LogP contribution in [0.15, 0.2) is 255 Å². The average Bonchev–Trinajstić information content (AvgIpc) is 1.19. The van der Waals surface area contributed by atoms with Crippen LogP contribution in [-0.2, 0) is 43.3 Å². The summed E-state index contributed by atoms with van der Waals surface area (Å²) in [4.78, 5) is 5.03. The van der Waals surface area contributed by atoms with Crippen LogP contribution in [0.2, 0.25) is 0 Å². The third kappa shape index (κ3) is 13.7. The number of aromatic nitrogens is 2. The van der Waals surface area contributed by atoms with E-state index in [2.05, 4.69) is 395 Å². The van der Waals surface area contributed by atoms with Crippen LogP contribution >= 0.6 is 0 Å². The maximum atomic E-state index is 11.7. The zero-order valence-corrected chi connectivity index (χ0v) is 73.3. The van der Waals surface area contributed by atoms with Crippen molar-refractivity contribution in [1.29, 1.82) is 5.26 Å². The molecule has 2 aliphatic heterocycles. The zero-order valence-electron chi connectivity index (χ0n) is 77.3. The number of rotatable bonds is 8. The molecule has 0 atom stereocenters. The Balaban J connectivity index is 1.10. The van der Waals surface area contributed by atoms with Crippen LogP contribution in [-0.4, -0.2) is 15.8 Å². The van der Waals surface area contributed by atoms with Gasteiger partial charge in [0.15, 0.2) is 0 Å². The maximum Gasteiger partial charge on any atom is 0.252 e. The van der Waals surface area contributed by atoms with Crippen molar-refractivity contribution in [1.82, 2.24) is 9.13 Å². The molecule has 117 heavy (non-hydrogen) atoms. The van der Waals surface area contributed by atoms with E-state index in [4.69, 9.17) is 0 Å². The van der Waals surface area contributed by atoms with Gasteiger partial charge in [-0.25, -0.2) is 0 Å². The van der Waals surface area contributed by atoms with Crippen LogP contribution in [0.25, 0.3) is 99.5 Å². The highest BCUT2D eigenvalue weighted by atomic mass is 15.2. The van der Waals surface area contributed by atoms with E-state index in [-0.39, 0.29) is 56.7 Å². The molecule has 0 unspecified atom stereocenters. The van der Waals surface area contributed by atoms with Crippen molar-refractivity contribution in [3.63, 3.8) is 0 Å². The molecular weight excluding hydrogens is 1410 g/mol. The molecule has 2 aromatic heterocycles. The van der Waals surface area contributed by atoms with E-state index in [1.165, 1.54) is 44.2 Å². The third-order valence-electron chi connectivity index (χ3n) is 24.9. The van der Waals surface area contributed by atoms with Gasteiger partial charge >= 0.3 is 0 Å². The van der Waals surface area contributed by atoms with Gasteiger partial charge in [-0.05, 0) is 235 Å². The molecule has 0 fully saturated rings.